The van der Waals surface area contributed by atoms with Crippen LogP contribution < -0.4 is 5.32 Å². The first-order valence-electron chi connectivity index (χ1n) is 8.83. The molecule has 8 heteroatoms. The van der Waals surface area contributed by atoms with Gasteiger partial charge in [0.15, 0.2) is 0 Å². The second-order valence-electron chi connectivity index (χ2n) is 6.36. The molecule has 1 N–H and O–H groups in total. The first-order chi connectivity index (χ1) is 12.7. The second kappa shape index (κ2) is 7.51. The highest BCUT2D eigenvalue weighted by atomic mass is 32.1. The summed E-state index contributed by atoms with van der Waals surface area (Å²) in [4.78, 5) is 36.7. The molecule has 136 valence electrons. The van der Waals surface area contributed by atoms with Crippen molar-refractivity contribution in [1.82, 2.24) is 14.9 Å². The summed E-state index contributed by atoms with van der Waals surface area (Å²) in [6, 6.07) is 0. The van der Waals surface area contributed by atoms with Gasteiger partial charge in [-0.05, 0) is 31.2 Å². The van der Waals surface area contributed by atoms with Crippen molar-refractivity contribution < 1.29 is 14.3 Å². The van der Waals surface area contributed by atoms with Crippen LogP contribution in [-0.4, -0.2) is 53.0 Å². The standard InChI is InChI=1S/C18H20N4O3S/c23-16(13-11-19-5-6-20-13)21-17-15(12-3-1-2-4-14(12)26-17)18(24)22-7-9-25-10-8-22/h5-6,11H,1-4,7-10H2,(H,21,23). The molecule has 2 aromatic heterocycles. The SMILES string of the molecule is O=C(Nc1sc2c(c1C(=O)N1CCOCC1)CCCC2)c1cnccn1. The number of hydrogen-bond donors (Lipinski definition) is 1. The Bertz CT molecular complexity index is 815. The summed E-state index contributed by atoms with van der Waals surface area (Å²) >= 11 is 1.52. The summed E-state index contributed by atoms with van der Waals surface area (Å²) in [7, 11) is 0. The molecule has 2 aromatic rings. The minimum absolute atomic E-state index is 0.0119. The molecule has 0 spiro atoms. The Labute approximate surface area is 155 Å². The number of rotatable bonds is 3. The minimum atomic E-state index is -0.340. The average molecular weight is 372 g/mol. The van der Waals surface area contributed by atoms with Crippen LogP contribution in [0.1, 0.15) is 44.1 Å². The first-order valence-corrected chi connectivity index (χ1v) is 9.64. The number of aryl methyl sites for hydroxylation is 1. The van der Waals surface area contributed by atoms with Gasteiger partial charge in [-0.1, -0.05) is 0 Å². The lowest BCUT2D eigenvalue weighted by Crippen LogP contribution is -2.41. The maximum absolute atomic E-state index is 13.2. The third-order valence-corrected chi connectivity index (χ3v) is 5.91. The van der Waals surface area contributed by atoms with Crippen molar-refractivity contribution in [1.29, 1.82) is 0 Å². The predicted octanol–water partition coefficient (Wildman–Crippen LogP) is 2.14. The molecule has 7 nitrogen and oxygen atoms in total. The van der Waals surface area contributed by atoms with Crippen molar-refractivity contribution in [2.45, 2.75) is 25.7 Å². The molecule has 1 fully saturated rings. The normalized spacial score (nSPS) is 16.8. The number of nitrogens with one attached hydrogen (secondary N) is 1. The molecule has 0 atom stereocenters. The van der Waals surface area contributed by atoms with Gasteiger partial charge in [0.25, 0.3) is 11.8 Å². The van der Waals surface area contributed by atoms with Gasteiger partial charge in [0.05, 0.1) is 25.0 Å². The zero-order chi connectivity index (χ0) is 17.9. The number of thiophene rings is 1. The van der Waals surface area contributed by atoms with Crippen LogP contribution in [0.4, 0.5) is 5.00 Å². The maximum atomic E-state index is 13.2. The van der Waals surface area contributed by atoms with Gasteiger partial charge in [-0.3, -0.25) is 14.6 Å². The summed E-state index contributed by atoms with van der Waals surface area (Å²) in [6.07, 6.45) is 8.47. The fraction of sp³-hybridized carbons (Fsp3) is 0.444. The Morgan fingerprint density at radius 3 is 2.73 bits per heavy atom. The molecule has 1 saturated heterocycles. The third kappa shape index (κ3) is 3.34. The number of carbonyl (C=O) groups excluding carboxylic acids is 2. The Balaban J connectivity index is 1.66. The average Bonchev–Trinajstić information content (AvgIpc) is 3.06. The molecule has 0 aromatic carbocycles. The number of fused-ring (bicyclic) bond motifs is 1. The molecule has 4 rings (SSSR count). The van der Waals surface area contributed by atoms with Crippen LogP contribution in [0, 0.1) is 0 Å². The summed E-state index contributed by atoms with van der Waals surface area (Å²) in [5.74, 6) is -0.352. The van der Waals surface area contributed by atoms with Crippen LogP contribution >= 0.6 is 11.3 Å². The summed E-state index contributed by atoms with van der Waals surface area (Å²) < 4.78 is 5.36. The van der Waals surface area contributed by atoms with E-state index in [1.54, 1.807) is 0 Å². The molecule has 26 heavy (non-hydrogen) atoms. The second-order valence-corrected chi connectivity index (χ2v) is 7.47. The van der Waals surface area contributed by atoms with Crippen molar-refractivity contribution in [3.8, 4) is 0 Å². The fourth-order valence-electron chi connectivity index (χ4n) is 3.39. The number of anilines is 1. The smallest absolute Gasteiger partial charge is 0.276 e. The molecule has 2 aliphatic rings. The van der Waals surface area contributed by atoms with Crippen molar-refractivity contribution in [3.63, 3.8) is 0 Å². The molecule has 0 unspecified atom stereocenters. The quantitative estimate of drug-likeness (QED) is 0.892. The highest BCUT2D eigenvalue weighted by Crippen LogP contribution is 2.39. The zero-order valence-electron chi connectivity index (χ0n) is 14.4. The van der Waals surface area contributed by atoms with Gasteiger partial charge in [-0.2, -0.15) is 0 Å². The number of hydrogen-bond acceptors (Lipinski definition) is 6. The van der Waals surface area contributed by atoms with Gasteiger partial charge < -0.3 is 15.0 Å². The van der Waals surface area contributed by atoms with E-state index in [1.165, 1.54) is 34.8 Å². The molecule has 0 saturated carbocycles. The topological polar surface area (TPSA) is 84.4 Å². The van der Waals surface area contributed by atoms with E-state index in [4.69, 9.17) is 4.74 Å². The number of carbonyl (C=O) groups is 2. The van der Waals surface area contributed by atoms with E-state index < -0.39 is 0 Å². The monoisotopic (exact) mass is 372 g/mol. The molecular weight excluding hydrogens is 352 g/mol. The summed E-state index contributed by atoms with van der Waals surface area (Å²) in [6.45, 7) is 2.28. The van der Waals surface area contributed by atoms with Gasteiger partial charge >= 0.3 is 0 Å². The molecule has 3 heterocycles. The van der Waals surface area contributed by atoms with E-state index in [-0.39, 0.29) is 17.5 Å². The summed E-state index contributed by atoms with van der Waals surface area (Å²) in [5.41, 5.74) is 2.00. The van der Waals surface area contributed by atoms with E-state index >= 15 is 0 Å². The van der Waals surface area contributed by atoms with Gasteiger partial charge in [-0.15, -0.1) is 11.3 Å². The fourth-order valence-corrected chi connectivity index (χ4v) is 4.66. The van der Waals surface area contributed by atoms with Crippen LogP contribution in [0.5, 0.6) is 0 Å². The molecule has 1 aliphatic heterocycles. The van der Waals surface area contributed by atoms with Crippen molar-refractivity contribution in [2.24, 2.45) is 0 Å². The van der Waals surface area contributed by atoms with E-state index in [1.807, 2.05) is 4.90 Å². The molecular formula is C18H20N4O3S. The van der Waals surface area contributed by atoms with Crippen molar-refractivity contribution in [3.05, 3.63) is 40.3 Å². The van der Waals surface area contributed by atoms with Crippen LogP contribution in [0.3, 0.4) is 0 Å². The lowest BCUT2D eigenvalue weighted by molar-refractivity contribution is 0.0303. The highest BCUT2D eigenvalue weighted by molar-refractivity contribution is 7.17. The highest BCUT2D eigenvalue weighted by Gasteiger charge is 2.30. The number of aromatic nitrogens is 2. The van der Waals surface area contributed by atoms with Gasteiger partial charge in [0.2, 0.25) is 0 Å². The number of nitrogens with zero attached hydrogens (tertiary/aromatic N) is 3. The van der Waals surface area contributed by atoms with Crippen LogP contribution in [-0.2, 0) is 17.6 Å². The number of morpholine rings is 1. The van der Waals surface area contributed by atoms with Crippen LogP contribution in [0.15, 0.2) is 18.6 Å². The van der Waals surface area contributed by atoms with E-state index in [9.17, 15) is 9.59 Å². The Kier molecular flexibility index (Phi) is 4.94. The van der Waals surface area contributed by atoms with Crippen molar-refractivity contribution in [2.75, 3.05) is 31.6 Å². The number of amides is 2. The largest absolute Gasteiger partial charge is 0.378 e. The summed E-state index contributed by atoms with van der Waals surface area (Å²) in [5, 5.41) is 3.53. The molecule has 0 radical (unpaired) electrons. The maximum Gasteiger partial charge on any atom is 0.276 e. The van der Waals surface area contributed by atoms with E-state index in [0.717, 1.165) is 31.2 Å². The lowest BCUT2D eigenvalue weighted by Gasteiger charge is -2.27. The third-order valence-electron chi connectivity index (χ3n) is 4.71. The Morgan fingerprint density at radius 2 is 1.96 bits per heavy atom. The molecule has 1 aliphatic carbocycles. The van der Waals surface area contributed by atoms with Crippen LogP contribution in [0.25, 0.3) is 0 Å². The number of ether oxygens (including phenoxy) is 1. The van der Waals surface area contributed by atoms with Gasteiger partial charge in [-0.25, -0.2) is 4.98 Å². The predicted molar refractivity (Wildman–Crippen MR) is 97.7 cm³/mol. The molecule has 0 bridgehead atoms. The Hall–Kier alpha value is -2.32. The van der Waals surface area contributed by atoms with Gasteiger partial charge in [0, 0.05) is 30.4 Å². The van der Waals surface area contributed by atoms with E-state index in [0.29, 0.717) is 36.9 Å². The molecule has 2 amide bonds. The first kappa shape index (κ1) is 17.1. The minimum Gasteiger partial charge on any atom is -0.378 e. The van der Waals surface area contributed by atoms with Crippen molar-refractivity contribution >= 4 is 28.2 Å². The lowest BCUT2D eigenvalue weighted by atomic mass is 9.95. The van der Waals surface area contributed by atoms with Crippen LogP contribution in [0.2, 0.25) is 0 Å². The Morgan fingerprint density at radius 1 is 1.15 bits per heavy atom. The van der Waals surface area contributed by atoms with Gasteiger partial charge in [0.1, 0.15) is 10.7 Å². The zero-order valence-corrected chi connectivity index (χ0v) is 15.2. The van der Waals surface area contributed by atoms with E-state index in [2.05, 4.69) is 15.3 Å².